The Morgan fingerprint density at radius 1 is 0.923 bits per heavy atom. The predicted molar refractivity (Wildman–Crippen MR) is 153 cm³/mol. The molecule has 0 aromatic heterocycles. The first-order chi connectivity index (χ1) is 18.6. The van der Waals surface area contributed by atoms with Crippen molar-refractivity contribution in [2.24, 2.45) is 0 Å². The minimum atomic E-state index is -3.52. The summed E-state index contributed by atoms with van der Waals surface area (Å²) in [6.45, 7) is 2.39. The summed E-state index contributed by atoms with van der Waals surface area (Å²) in [5, 5.41) is 5.68. The molecule has 39 heavy (non-hydrogen) atoms. The van der Waals surface area contributed by atoms with Crippen LogP contribution in [0.25, 0.3) is 0 Å². The van der Waals surface area contributed by atoms with E-state index in [2.05, 4.69) is 10.6 Å². The van der Waals surface area contributed by atoms with E-state index >= 15 is 0 Å². The van der Waals surface area contributed by atoms with E-state index in [0.29, 0.717) is 47.8 Å². The molecule has 0 aliphatic heterocycles. The third-order valence-corrected chi connectivity index (χ3v) is 7.32. The molecule has 0 aliphatic carbocycles. The molecule has 9 nitrogen and oxygen atoms in total. The first-order valence-corrected chi connectivity index (χ1v) is 14.4. The van der Waals surface area contributed by atoms with Gasteiger partial charge in [0.2, 0.25) is 15.9 Å². The molecule has 0 heterocycles. The quantitative estimate of drug-likeness (QED) is 0.328. The molecule has 0 saturated carbocycles. The number of ether oxygens (including phenoxy) is 2. The molecule has 3 rings (SSSR count). The van der Waals surface area contributed by atoms with Crippen LogP contribution in [0, 0.1) is 6.92 Å². The molecule has 0 saturated heterocycles. The zero-order chi connectivity index (χ0) is 28.4. The van der Waals surface area contributed by atoms with Crippen LogP contribution in [0.3, 0.4) is 0 Å². The van der Waals surface area contributed by atoms with E-state index < -0.39 is 10.0 Å². The van der Waals surface area contributed by atoms with Gasteiger partial charge in [-0.05, 0) is 61.2 Å². The number of methoxy groups -OCH3 is 2. The Hall–Kier alpha value is -4.05. The maximum atomic E-state index is 12.9. The van der Waals surface area contributed by atoms with Crippen molar-refractivity contribution < 1.29 is 27.5 Å². The number of nitrogens with zero attached hydrogens (tertiary/aromatic N) is 1. The minimum Gasteiger partial charge on any atom is -0.493 e. The fourth-order valence-electron chi connectivity index (χ4n) is 4.15. The van der Waals surface area contributed by atoms with Crippen molar-refractivity contribution >= 4 is 33.2 Å². The van der Waals surface area contributed by atoms with Gasteiger partial charge in [-0.1, -0.05) is 36.4 Å². The van der Waals surface area contributed by atoms with Crippen LogP contribution < -0.4 is 24.4 Å². The maximum Gasteiger partial charge on any atom is 0.253 e. The number of benzene rings is 3. The van der Waals surface area contributed by atoms with E-state index in [1.807, 2.05) is 37.3 Å². The SMILES string of the molecule is COc1ccc(CCNC(=O)c2ccccc2NC(=O)CCCN(c2ccccc2C)S(C)(=O)=O)cc1OC. The average molecular weight is 554 g/mol. The second kappa shape index (κ2) is 13.7. The van der Waals surface area contributed by atoms with E-state index in [9.17, 15) is 18.0 Å². The molecular weight excluding hydrogens is 518 g/mol. The summed E-state index contributed by atoms with van der Waals surface area (Å²) in [5.74, 6) is 0.634. The van der Waals surface area contributed by atoms with Gasteiger partial charge in [0.15, 0.2) is 11.5 Å². The highest BCUT2D eigenvalue weighted by molar-refractivity contribution is 7.92. The van der Waals surface area contributed by atoms with Crippen LogP contribution in [-0.4, -0.2) is 53.8 Å². The number of anilines is 2. The van der Waals surface area contributed by atoms with E-state index in [-0.39, 0.29) is 24.8 Å². The first kappa shape index (κ1) is 29.5. The van der Waals surface area contributed by atoms with Crippen molar-refractivity contribution in [3.8, 4) is 11.5 Å². The molecule has 0 aliphatic rings. The van der Waals surface area contributed by atoms with Crippen molar-refractivity contribution in [1.29, 1.82) is 0 Å². The molecule has 0 bridgehead atoms. The van der Waals surface area contributed by atoms with Gasteiger partial charge in [-0.2, -0.15) is 0 Å². The number of hydrogen-bond donors (Lipinski definition) is 2. The van der Waals surface area contributed by atoms with Crippen molar-refractivity contribution in [2.75, 3.05) is 43.2 Å². The normalized spacial score (nSPS) is 11.0. The Morgan fingerprint density at radius 2 is 1.62 bits per heavy atom. The Balaban J connectivity index is 1.56. The van der Waals surface area contributed by atoms with Crippen molar-refractivity contribution in [2.45, 2.75) is 26.2 Å². The topological polar surface area (TPSA) is 114 Å². The van der Waals surface area contributed by atoms with Crippen LogP contribution in [0.4, 0.5) is 11.4 Å². The van der Waals surface area contributed by atoms with Gasteiger partial charge in [0.05, 0.1) is 37.4 Å². The van der Waals surface area contributed by atoms with Gasteiger partial charge in [-0.3, -0.25) is 13.9 Å². The predicted octanol–water partition coefficient (Wildman–Crippen LogP) is 4.17. The van der Waals surface area contributed by atoms with Gasteiger partial charge in [0, 0.05) is 19.5 Å². The standard InChI is InChI=1S/C29H35N3O6S/c1-21-10-5-8-13-25(21)32(39(4,35)36)19-9-14-28(33)31-24-12-7-6-11-23(24)29(34)30-18-17-22-15-16-26(37-2)27(20-22)38-3/h5-8,10-13,15-16,20H,9,14,17-19H2,1-4H3,(H,30,34)(H,31,33). The molecule has 0 radical (unpaired) electrons. The molecule has 10 heteroatoms. The van der Waals surface area contributed by atoms with Crippen LogP contribution >= 0.6 is 0 Å². The number of para-hydroxylation sites is 2. The highest BCUT2D eigenvalue weighted by atomic mass is 32.2. The van der Waals surface area contributed by atoms with Crippen LogP contribution in [0.2, 0.25) is 0 Å². The summed E-state index contributed by atoms with van der Waals surface area (Å²) in [7, 11) is -0.373. The molecule has 3 aromatic carbocycles. The number of amides is 2. The summed E-state index contributed by atoms with van der Waals surface area (Å²) in [6, 6.07) is 19.6. The number of aryl methyl sites for hydroxylation is 1. The van der Waals surface area contributed by atoms with Crippen molar-refractivity contribution in [3.05, 3.63) is 83.4 Å². The molecule has 3 aromatic rings. The average Bonchev–Trinajstić information content (AvgIpc) is 2.91. The summed E-state index contributed by atoms with van der Waals surface area (Å²) in [5.41, 5.74) is 3.14. The van der Waals surface area contributed by atoms with Gasteiger partial charge in [0.25, 0.3) is 5.91 Å². The Kier molecular flexibility index (Phi) is 10.3. The molecule has 0 atom stereocenters. The first-order valence-electron chi connectivity index (χ1n) is 12.6. The monoisotopic (exact) mass is 553 g/mol. The summed E-state index contributed by atoms with van der Waals surface area (Å²) in [6.07, 6.45) is 2.14. The number of sulfonamides is 1. The zero-order valence-corrected chi connectivity index (χ0v) is 23.5. The van der Waals surface area contributed by atoms with Crippen LogP contribution in [0.5, 0.6) is 11.5 Å². The molecular formula is C29H35N3O6S. The zero-order valence-electron chi connectivity index (χ0n) is 22.7. The second-order valence-corrected chi connectivity index (χ2v) is 10.9. The van der Waals surface area contributed by atoms with E-state index in [1.165, 1.54) is 4.31 Å². The third-order valence-electron chi connectivity index (χ3n) is 6.14. The lowest BCUT2D eigenvalue weighted by molar-refractivity contribution is -0.116. The highest BCUT2D eigenvalue weighted by Crippen LogP contribution is 2.27. The Bertz CT molecular complexity index is 1410. The van der Waals surface area contributed by atoms with E-state index in [4.69, 9.17) is 9.47 Å². The molecule has 0 unspecified atom stereocenters. The number of nitrogens with one attached hydrogen (secondary N) is 2. The van der Waals surface area contributed by atoms with E-state index in [1.54, 1.807) is 50.6 Å². The van der Waals surface area contributed by atoms with Crippen molar-refractivity contribution in [1.82, 2.24) is 5.32 Å². The van der Waals surface area contributed by atoms with Gasteiger partial charge in [0.1, 0.15) is 0 Å². The molecule has 0 fully saturated rings. The summed E-state index contributed by atoms with van der Waals surface area (Å²) < 4.78 is 36.7. The Labute approximate surface area is 230 Å². The number of carbonyl (C=O) groups excluding carboxylic acids is 2. The van der Waals surface area contributed by atoms with Gasteiger partial charge in [-0.25, -0.2) is 8.42 Å². The lowest BCUT2D eigenvalue weighted by atomic mass is 10.1. The maximum absolute atomic E-state index is 12.9. The smallest absolute Gasteiger partial charge is 0.253 e. The lowest BCUT2D eigenvalue weighted by Crippen LogP contribution is -2.32. The van der Waals surface area contributed by atoms with Crippen LogP contribution in [0.1, 0.15) is 34.3 Å². The lowest BCUT2D eigenvalue weighted by Gasteiger charge is -2.24. The third kappa shape index (κ3) is 8.22. The molecule has 2 amide bonds. The van der Waals surface area contributed by atoms with Gasteiger partial charge in [-0.15, -0.1) is 0 Å². The van der Waals surface area contributed by atoms with Crippen LogP contribution in [-0.2, 0) is 21.2 Å². The molecule has 208 valence electrons. The van der Waals surface area contributed by atoms with E-state index in [0.717, 1.165) is 17.4 Å². The fourth-order valence-corrected chi connectivity index (χ4v) is 5.17. The molecule has 0 spiro atoms. The largest absolute Gasteiger partial charge is 0.493 e. The van der Waals surface area contributed by atoms with Crippen LogP contribution in [0.15, 0.2) is 66.7 Å². The summed E-state index contributed by atoms with van der Waals surface area (Å²) in [4.78, 5) is 25.6. The second-order valence-electron chi connectivity index (χ2n) is 9.01. The van der Waals surface area contributed by atoms with Gasteiger partial charge >= 0.3 is 0 Å². The number of rotatable bonds is 13. The Morgan fingerprint density at radius 3 is 2.31 bits per heavy atom. The summed E-state index contributed by atoms with van der Waals surface area (Å²) >= 11 is 0. The van der Waals surface area contributed by atoms with Gasteiger partial charge < -0.3 is 20.1 Å². The number of hydrogen-bond acceptors (Lipinski definition) is 6. The number of carbonyl (C=O) groups is 2. The minimum absolute atomic E-state index is 0.0904. The highest BCUT2D eigenvalue weighted by Gasteiger charge is 2.19. The van der Waals surface area contributed by atoms with Crippen molar-refractivity contribution in [3.63, 3.8) is 0 Å². The molecule has 2 N–H and O–H groups in total. The fraction of sp³-hybridized carbons (Fsp3) is 0.310.